The monoisotopic (exact) mass is 233 g/mol. The molecule has 2 heteroatoms. The van der Waals surface area contributed by atoms with Crippen LogP contribution in [0.3, 0.4) is 0 Å². The minimum Gasteiger partial charge on any atom is -0.497 e. The van der Waals surface area contributed by atoms with E-state index in [0.29, 0.717) is 0 Å². The van der Waals surface area contributed by atoms with Crippen LogP contribution >= 0.6 is 0 Å². The summed E-state index contributed by atoms with van der Waals surface area (Å²) in [7, 11) is 1.73. The summed E-state index contributed by atoms with van der Waals surface area (Å²) in [6.07, 6.45) is 6.62. The third kappa shape index (κ3) is 4.04. The largest absolute Gasteiger partial charge is 0.497 e. The molecule has 1 aromatic carbocycles. The van der Waals surface area contributed by atoms with Crippen molar-refractivity contribution >= 4 is 0 Å². The molecule has 94 valence electrons. The smallest absolute Gasteiger partial charge is 0.119 e. The fourth-order valence-corrected chi connectivity index (χ4v) is 2.52. The van der Waals surface area contributed by atoms with E-state index in [-0.39, 0.29) is 0 Å². The van der Waals surface area contributed by atoms with E-state index in [4.69, 9.17) is 4.74 Å². The van der Waals surface area contributed by atoms with Gasteiger partial charge in [0.05, 0.1) is 7.11 Å². The van der Waals surface area contributed by atoms with Gasteiger partial charge in [-0.1, -0.05) is 18.6 Å². The Labute approximate surface area is 105 Å². The van der Waals surface area contributed by atoms with Crippen molar-refractivity contribution in [3.8, 4) is 5.75 Å². The van der Waals surface area contributed by atoms with E-state index in [1.54, 1.807) is 7.11 Å². The second-order valence-electron chi connectivity index (χ2n) is 4.86. The van der Waals surface area contributed by atoms with Crippen molar-refractivity contribution in [1.82, 2.24) is 4.90 Å². The first-order chi connectivity index (χ1) is 8.38. The Hall–Kier alpha value is -1.02. The number of methoxy groups -OCH3 is 1. The molecule has 1 fully saturated rings. The van der Waals surface area contributed by atoms with Crippen molar-refractivity contribution in [2.45, 2.75) is 32.1 Å². The summed E-state index contributed by atoms with van der Waals surface area (Å²) in [5, 5.41) is 0. The molecule has 0 N–H and O–H groups in total. The van der Waals surface area contributed by atoms with Gasteiger partial charge < -0.3 is 9.64 Å². The maximum Gasteiger partial charge on any atom is 0.119 e. The minimum atomic E-state index is 0.973. The molecular formula is C15H23NO. The Morgan fingerprint density at radius 1 is 1.18 bits per heavy atom. The lowest BCUT2D eigenvalue weighted by atomic mass is 10.1. The number of hydrogen-bond donors (Lipinski definition) is 0. The highest BCUT2D eigenvalue weighted by Gasteiger charge is 2.09. The van der Waals surface area contributed by atoms with Gasteiger partial charge >= 0.3 is 0 Å². The van der Waals surface area contributed by atoms with Crippen LogP contribution in [-0.2, 0) is 6.42 Å². The lowest BCUT2D eigenvalue weighted by Crippen LogP contribution is -2.30. The van der Waals surface area contributed by atoms with Crippen LogP contribution in [0.1, 0.15) is 31.2 Å². The summed E-state index contributed by atoms with van der Waals surface area (Å²) in [5.41, 5.74) is 1.39. The number of hydrogen-bond acceptors (Lipinski definition) is 2. The molecule has 2 rings (SSSR count). The fourth-order valence-electron chi connectivity index (χ4n) is 2.52. The average Bonchev–Trinajstić information content (AvgIpc) is 2.40. The molecule has 2 nitrogen and oxygen atoms in total. The zero-order valence-electron chi connectivity index (χ0n) is 10.8. The molecule has 0 unspecified atom stereocenters. The van der Waals surface area contributed by atoms with Gasteiger partial charge in [-0.3, -0.25) is 0 Å². The number of likely N-dealkylation sites (tertiary alicyclic amines) is 1. The van der Waals surface area contributed by atoms with Crippen LogP contribution in [-0.4, -0.2) is 31.6 Å². The van der Waals surface area contributed by atoms with Crippen LogP contribution in [0.5, 0.6) is 5.75 Å². The van der Waals surface area contributed by atoms with Crippen molar-refractivity contribution < 1.29 is 4.74 Å². The van der Waals surface area contributed by atoms with E-state index >= 15 is 0 Å². The molecule has 0 atom stereocenters. The second kappa shape index (κ2) is 6.65. The molecular weight excluding hydrogens is 210 g/mol. The first-order valence-electron chi connectivity index (χ1n) is 6.74. The lowest BCUT2D eigenvalue weighted by molar-refractivity contribution is 0.226. The van der Waals surface area contributed by atoms with Crippen molar-refractivity contribution in [3.05, 3.63) is 29.8 Å². The number of piperidine rings is 1. The molecule has 1 aliphatic heterocycles. The molecule has 0 spiro atoms. The van der Waals surface area contributed by atoms with E-state index in [0.717, 1.165) is 12.2 Å². The van der Waals surface area contributed by atoms with Gasteiger partial charge in [0.1, 0.15) is 5.75 Å². The van der Waals surface area contributed by atoms with Gasteiger partial charge in [0.25, 0.3) is 0 Å². The van der Waals surface area contributed by atoms with Crippen LogP contribution in [0.15, 0.2) is 24.3 Å². The topological polar surface area (TPSA) is 12.5 Å². The highest BCUT2D eigenvalue weighted by Crippen LogP contribution is 2.15. The maximum atomic E-state index is 5.24. The lowest BCUT2D eigenvalue weighted by Gasteiger charge is -2.26. The van der Waals surface area contributed by atoms with Crippen LogP contribution in [0.4, 0.5) is 0 Å². The summed E-state index contributed by atoms with van der Waals surface area (Å²) in [6, 6.07) is 8.43. The summed E-state index contributed by atoms with van der Waals surface area (Å²) < 4.78 is 5.24. The molecule has 1 saturated heterocycles. The van der Waals surface area contributed by atoms with Crippen LogP contribution in [0, 0.1) is 0 Å². The summed E-state index contributed by atoms with van der Waals surface area (Å²) in [5.74, 6) is 0.973. The molecule has 0 aromatic heterocycles. The second-order valence-corrected chi connectivity index (χ2v) is 4.86. The average molecular weight is 233 g/mol. The van der Waals surface area contributed by atoms with E-state index in [9.17, 15) is 0 Å². The molecule has 1 heterocycles. The van der Waals surface area contributed by atoms with E-state index in [1.807, 2.05) is 6.07 Å². The number of rotatable bonds is 5. The highest BCUT2D eigenvalue weighted by atomic mass is 16.5. The number of benzene rings is 1. The van der Waals surface area contributed by atoms with Gasteiger partial charge in [0.15, 0.2) is 0 Å². The SMILES string of the molecule is COc1cccc(CCCN2CCCCC2)c1. The van der Waals surface area contributed by atoms with Crippen LogP contribution in [0.25, 0.3) is 0 Å². The summed E-state index contributed by atoms with van der Waals surface area (Å²) in [4.78, 5) is 2.60. The molecule has 0 saturated carbocycles. The van der Waals surface area contributed by atoms with Gasteiger partial charge in [-0.15, -0.1) is 0 Å². The fraction of sp³-hybridized carbons (Fsp3) is 0.600. The Kier molecular flexibility index (Phi) is 4.87. The standard InChI is InChI=1S/C15H23NO/c1-17-15-9-5-7-14(13-15)8-6-12-16-10-3-2-4-11-16/h5,7,9,13H,2-4,6,8,10-12H2,1H3. The van der Waals surface area contributed by atoms with Gasteiger partial charge in [-0.2, -0.15) is 0 Å². The van der Waals surface area contributed by atoms with Gasteiger partial charge in [-0.25, -0.2) is 0 Å². The molecule has 0 bridgehead atoms. The van der Waals surface area contributed by atoms with Crippen molar-refractivity contribution in [3.63, 3.8) is 0 Å². The van der Waals surface area contributed by atoms with E-state index < -0.39 is 0 Å². The molecule has 17 heavy (non-hydrogen) atoms. The van der Waals surface area contributed by atoms with Crippen molar-refractivity contribution in [2.24, 2.45) is 0 Å². The minimum absolute atomic E-state index is 0.973. The molecule has 0 radical (unpaired) electrons. The van der Waals surface area contributed by atoms with Gasteiger partial charge in [0, 0.05) is 0 Å². The van der Waals surface area contributed by atoms with Crippen LogP contribution in [0.2, 0.25) is 0 Å². The zero-order valence-corrected chi connectivity index (χ0v) is 10.8. The zero-order chi connectivity index (χ0) is 11.9. The predicted octanol–water partition coefficient (Wildman–Crippen LogP) is 3.11. The third-order valence-corrected chi connectivity index (χ3v) is 3.52. The van der Waals surface area contributed by atoms with Crippen molar-refractivity contribution in [2.75, 3.05) is 26.7 Å². The van der Waals surface area contributed by atoms with Gasteiger partial charge in [-0.05, 0) is 63.0 Å². The predicted molar refractivity (Wildman–Crippen MR) is 71.6 cm³/mol. The van der Waals surface area contributed by atoms with Crippen molar-refractivity contribution in [1.29, 1.82) is 0 Å². The normalized spacial score (nSPS) is 17.0. The molecule has 1 aromatic rings. The third-order valence-electron chi connectivity index (χ3n) is 3.52. The van der Waals surface area contributed by atoms with Gasteiger partial charge in [0.2, 0.25) is 0 Å². The molecule has 0 aliphatic carbocycles. The number of nitrogens with zero attached hydrogens (tertiary/aromatic N) is 1. The highest BCUT2D eigenvalue weighted by molar-refractivity contribution is 5.28. The van der Waals surface area contributed by atoms with E-state index in [1.165, 1.54) is 50.9 Å². The van der Waals surface area contributed by atoms with E-state index in [2.05, 4.69) is 23.1 Å². The Bertz CT molecular complexity index is 331. The molecule has 0 amide bonds. The quantitative estimate of drug-likeness (QED) is 0.775. The first-order valence-corrected chi connectivity index (χ1v) is 6.74. The first kappa shape index (κ1) is 12.4. The Morgan fingerprint density at radius 3 is 2.76 bits per heavy atom. The number of aryl methyl sites for hydroxylation is 1. The Morgan fingerprint density at radius 2 is 2.00 bits per heavy atom. The summed E-state index contributed by atoms with van der Waals surface area (Å²) in [6.45, 7) is 3.85. The maximum absolute atomic E-state index is 5.24. The molecule has 1 aliphatic rings. The number of ether oxygens (including phenoxy) is 1. The Balaban J connectivity index is 1.73. The summed E-state index contributed by atoms with van der Waals surface area (Å²) >= 11 is 0. The van der Waals surface area contributed by atoms with Crippen LogP contribution < -0.4 is 4.74 Å².